The van der Waals surface area contributed by atoms with E-state index in [1.807, 2.05) is 0 Å². The van der Waals surface area contributed by atoms with Crippen LogP contribution in [-0.2, 0) is 0 Å². The van der Waals surface area contributed by atoms with Crippen LogP contribution in [0, 0.1) is 22.0 Å². The van der Waals surface area contributed by atoms with Crippen molar-refractivity contribution in [2.75, 3.05) is 0 Å². The van der Waals surface area contributed by atoms with Crippen LogP contribution in [0.1, 0.15) is 46.0 Å². The fourth-order valence-corrected chi connectivity index (χ4v) is 2.38. The molecule has 0 spiro atoms. The molecular formula is C10H19NO2. The van der Waals surface area contributed by atoms with Crippen LogP contribution in [0.15, 0.2) is 0 Å². The first-order valence-electron chi connectivity index (χ1n) is 5.28. The van der Waals surface area contributed by atoms with Crippen molar-refractivity contribution in [2.24, 2.45) is 11.8 Å². The fourth-order valence-electron chi connectivity index (χ4n) is 2.38. The minimum absolute atomic E-state index is 0.0595. The van der Waals surface area contributed by atoms with E-state index in [2.05, 4.69) is 13.8 Å². The summed E-state index contributed by atoms with van der Waals surface area (Å²) < 4.78 is 0. The molecule has 1 rings (SSSR count). The second-order valence-corrected chi connectivity index (χ2v) is 4.32. The lowest BCUT2D eigenvalue weighted by atomic mass is 9.77. The van der Waals surface area contributed by atoms with E-state index < -0.39 is 0 Å². The molecule has 1 aliphatic carbocycles. The van der Waals surface area contributed by atoms with Crippen molar-refractivity contribution in [1.29, 1.82) is 0 Å². The van der Waals surface area contributed by atoms with Crippen LogP contribution in [0.2, 0.25) is 0 Å². The molecule has 0 aromatic carbocycles. The van der Waals surface area contributed by atoms with Gasteiger partial charge in [0.15, 0.2) is 0 Å². The predicted molar refractivity (Wildman–Crippen MR) is 52.2 cm³/mol. The highest BCUT2D eigenvalue weighted by atomic mass is 16.6. The van der Waals surface area contributed by atoms with Gasteiger partial charge < -0.3 is 0 Å². The lowest BCUT2D eigenvalue weighted by Gasteiger charge is -2.28. The van der Waals surface area contributed by atoms with Crippen LogP contribution >= 0.6 is 0 Å². The summed E-state index contributed by atoms with van der Waals surface area (Å²) in [4.78, 5) is 10.7. The summed E-state index contributed by atoms with van der Waals surface area (Å²) in [5.41, 5.74) is 0. The number of hydrogen-bond donors (Lipinski definition) is 0. The van der Waals surface area contributed by atoms with E-state index in [1.165, 1.54) is 6.42 Å². The maximum Gasteiger partial charge on any atom is 0.216 e. The third-order valence-corrected chi connectivity index (χ3v) is 3.15. The van der Waals surface area contributed by atoms with Crippen LogP contribution in [0.3, 0.4) is 0 Å². The largest absolute Gasteiger partial charge is 0.264 e. The summed E-state index contributed by atoms with van der Waals surface area (Å²) in [6, 6.07) is -0.260. The van der Waals surface area contributed by atoms with Crippen molar-refractivity contribution in [2.45, 2.75) is 52.0 Å². The first-order chi connectivity index (χ1) is 6.15. The number of nitrogens with zero attached hydrogens (tertiary/aromatic N) is 1. The molecule has 0 heterocycles. The molecule has 0 radical (unpaired) electrons. The average molecular weight is 185 g/mol. The van der Waals surface area contributed by atoms with Crippen molar-refractivity contribution in [1.82, 2.24) is 0 Å². The maximum absolute atomic E-state index is 10.8. The standard InChI is InChI=1S/C10H19NO2/c1-3-4-9-6-5-8(2)7-10(9)11(12)13/h8-10H,3-7H2,1-2H3. The predicted octanol–water partition coefficient (Wildman–Crippen LogP) is 2.87. The van der Waals surface area contributed by atoms with Crippen molar-refractivity contribution in [3.8, 4) is 0 Å². The first kappa shape index (κ1) is 10.5. The smallest absolute Gasteiger partial charge is 0.216 e. The Bertz CT molecular complexity index is 182. The molecule has 0 aromatic heterocycles. The summed E-state index contributed by atoms with van der Waals surface area (Å²) >= 11 is 0. The molecule has 3 nitrogen and oxygen atoms in total. The third-order valence-electron chi connectivity index (χ3n) is 3.15. The molecule has 0 bridgehead atoms. The van der Waals surface area contributed by atoms with E-state index >= 15 is 0 Å². The van der Waals surface area contributed by atoms with Gasteiger partial charge in [-0.3, -0.25) is 10.1 Å². The first-order valence-corrected chi connectivity index (χ1v) is 5.28. The molecule has 1 fully saturated rings. The Hall–Kier alpha value is -0.600. The Labute approximate surface area is 79.7 Å². The molecular weight excluding hydrogens is 166 g/mol. The Morgan fingerprint density at radius 2 is 2.15 bits per heavy atom. The van der Waals surface area contributed by atoms with Gasteiger partial charge in [0.05, 0.1) is 0 Å². The molecule has 0 saturated heterocycles. The Morgan fingerprint density at radius 3 is 2.69 bits per heavy atom. The van der Waals surface area contributed by atoms with Crippen LogP contribution in [0.25, 0.3) is 0 Å². The van der Waals surface area contributed by atoms with E-state index in [0.29, 0.717) is 11.8 Å². The molecule has 1 aliphatic rings. The van der Waals surface area contributed by atoms with Gasteiger partial charge in [-0.05, 0) is 25.2 Å². The molecule has 0 aliphatic heterocycles. The Morgan fingerprint density at radius 1 is 1.46 bits per heavy atom. The SMILES string of the molecule is CCCC1CCC(C)CC1[N+](=O)[O-]. The zero-order valence-electron chi connectivity index (χ0n) is 8.53. The van der Waals surface area contributed by atoms with Crippen LogP contribution in [0.5, 0.6) is 0 Å². The molecule has 0 aromatic rings. The molecule has 3 heteroatoms. The van der Waals surface area contributed by atoms with Gasteiger partial charge in [-0.15, -0.1) is 0 Å². The summed E-state index contributed by atoms with van der Waals surface area (Å²) in [6.07, 6.45) is 5.12. The second-order valence-electron chi connectivity index (χ2n) is 4.32. The van der Waals surface area contributed by atoms with E-state index in [1.54, 1.807) is 0 Å². The maximum atomic E-state index is 10.8. The fraction of sp³-hybridized carbons (Fsp3) is 1.00. The van der Waals surface area contributed by atoms with Gasteiger partial charge in [0.25, 0.3) is 0 Å². The molecule has 76 valence electrons. The van der Waals surface area contributed by atoms with Gasteiger partial charge >= 0.3 is 0 Å². The van der Waals surface area contributed by atoms with Gasteiger partial charge in [-0.25, -0.2) is 0 Å². The number of nitro groups is 1. The van der Waals surface area contributed by atoms with E-state index in [-0.39, 0.29) is 11.0 Å². The van der Waals surface area contributed by atoms with Crippen molar-refractivity contribution < 1.29 is 4.92 Å². The molecule has 0 amide bonds. The minimum atomic E-state index is -0.260. The normalized spacial score (nSPS) is 34.5. The number of hydrogen-bond acceptors (Lipinski definition) is 2. The van der Waals surface area contributed by atoms with Gasteiger partial charge in [-0.2, -0.15) is 0 Å². The average Bonchev–Trinajstić information content (AvgIpc) is 2.08. The van der Waals surface area contributed by atoms with Crippen molar-refractivity contribution in [3.05, 3.63) is 10.1 Å². The van der Waals surface area contributed by atoms with E-state index in [9.17, 15) is 10.1 Å². The molecule has 0 N–H and O–H groups in total. The topological polar surface area (TPSA) is 43.1 Å². The van der Waals surface area contributed by atoms with Gasteiger partial charge in [0.1, 0.15) is 0 Å². The summed E-state index contributed by atoms with van der Waals surface area (Å²) in [5, 5.41) is 10.8. The van der Waals surface area contributed by atoms with Gasteiger partial charge in [0, 0.05) is 17.3 Å². The highest BCUT2D eigenvalue weighted by Gasteiger charge is 2.35. The molecule has 3 unspecified atom stereocenters. The van der Waals surface area contributed by atoms with E-state index in [0.717, 1.165) is 25.7 Å². The second kappa shape index (κ2) is 4.58. The van der Waals surface area contributed by atoms with Crippen molar-refractivity contribution in [3.63, 3.8) is 0 Å². The molecule has 3 atom stereocenters. The molecule has 1 saturated carbocycles. The van der Waals surface area contributed by atoms with Gasteiger partial charge in [-0.1, -0.05) is 20.3 Å². The van der Waals surface area contributed by atoms with Crippen LogP contribution in [-0.4, -0.2) is 11.0 Å². The zero-order valence-corrected chi connectivity index (χ0v) is 8.53. The van der Waals surface area contributed by atoms with E-state index in [4.69, 9.17) is 0 Å². The highest BCUT2D eigenvalue weighted by Crippen LogP contribution is 2.33. The monoisotopic (exact) mass is 185 g/mol. The minimum Gasteiger partial charge on any atom is -0.264 e. The zero-order chi connectivity index (χ0) is 9.84. The quantitative estimate of drug-likeness (QED) is 0.501. The summed E-state index contributed by atoms with van der Waals surface area (Å²) in [6.45, 7) is 4.23. The Balaban J connectivity index is 2.55. The van der Waals surface area contributed by atoms with Gasteiger partial charge in [0.2, 0.25) is 6.04 Å². The number of rotatable bonds is 3. The highest BCUT2D eigenvalue weighted by molar-refractivity contribution is 4.78. The third kappa shape index (κ3) is 2.68. The van der Waals surface area contributed by atoms with Crippen molar-refractivity contribution >= 4 is 0 Å². The summed E-state index contributed by atoms with van der Waals surface area (Å²) in [5.74, 6) is 0.889. The van der Waals surface area contributed by atoms with Crippen LogP contribution < -0.4 is 0 Å². The Kier molecular flexibility index (Phi) is 3.70. The molecule has 13 heavy (non-hydrogen) atoms. The lowest BCUT2D eigenvalue weighted by molar-refractivity contribution is -0.537. The summed E-state index contributed by atoms with van der Waals surface area (Å²) in [7, 11) is 0. The van der Waals surface area contributed by atoms with Crippen LogP contribution in [0.4, 0.5) is 0 Å². The lowest BCUT2D eigenvalue weighted by Crippen LogP contribution is -2.34.